The maximum Gasteiger partial charge on any atom is 0.356 e. The van der Waals surface area contributed by atoms with Crippen LogP contribution in [-0.4, -0.2) is 47.6 Å². The van der Waals surface area contributed by atoms with Crippen LogP contribution >= 0.6 is 0 Å². The zero-order valence-corrected chi connectivity index (χ0v) is 13.8. The summed E-state index contributed by atoms with van der Waals surface area (Å²) in [5.74, 6) is 0.0833. The van der Waals surface area contributed by atoms with Crippen molar-refractivity contribution in [1.82, 2.24) is 14.9 Å². The van der Waals surface area contributed by atoms with Gasteiger partial charge in [-0.1, -0.05) is 18.2 Å². The molecule has 3 heterocycles. The molecular weight excluding hydrogens is 302 g/mol. The van der Waals surface area contributed by atoms with Gasteiger partial charge in [0, 0.05) is 28.8 Å². The molecule has 1 saturated heterocycles. The predicted octanol–water partition coefficient (Wildman–Crippen LogP) is 3.21. The van der Waals surface area contributed by atoms with E-state index < -0.39 is 0 Å². The summed E-state index contributed by atoms with van der Waals surface area (Å²) < 4.78 is 5.52. The lowest BCUT2D eigenvalue weighted by Crippen LogP contribution is -2.34. The number of rotatable bonds is 3. The smallest absolute Gasteiger partial charge is 0.356 e. The Hall–Kier alpha value is -2.40. The number of benzene rings is 1. The number of para-hydroxylation sites is 1. The summed E-state index contributed by atoms with van der Waals surface area (Å²) in [6.07, 6.45) is 3.99. The molecule has 0 aliphatic carbocycles. The molecule has 5 heteroatoms. The van der Waals surface area contributed by atoms with Gasteiger partial charge < -0.3 is 14.6 Å². The van der Waals surface area contributed by atoms with Crippen LogP contribution in [0.3, 0.4) is 0 Å². The van der Waals surface area contributed by atoms with E-state index in [9.17, 15) is 4.79 Å². The fourth-order valence-corrected chi connectivity index (χ4v) is 3.54. The minimum Gasteiger partial charge on any atom is -0.461 e. The topological polar surface area (TPSA) is 58.2 Å². The normalized spacial score (nSPS) is 19.0. The highest BCUT2D eigenvalue weighted by molar-refractivity contribution is 6.08. The monoisotopic (exact) mass is 323 g/mol. The van der Waals surface area contributed by atoms with E-state index in [0.29, 0.717) is 18.2 Å². The summed E-state index contributed by atoms with van der Waals surface area (Å²) in [4.78, 5) is 22.2. The molecule has 0 amide bonds. The van der Waals surface area contributed by atoms with Crippen molar-refractivity contribution in [3.8, 4) is 0 Å². The second-order valence-electron chi connectivity index (χ2n) is 6.65. The van der Waals surface area contributed by atoms with Gasteiger partial charge in [0.15, 0.2) is 0 Å². The number of likely N-dealkylation sites (tertiary alicyclic amines) is 1. The van der Waals surface area contributed by atoms with Gasteiger partial charge in [0.2, 0.25) is 0 Å². The Kier molecular flexibility index (Phi) is 3.94. The molecule has 1 aliphatic rings. The molecule has 0 bridgehead atoms. The van der Waals surface area contributed by atoms with Crippen LogP contribution in [0.5, 0.6) is 0 Å². The van der Waals surface area contributed by atoms with Gasteiger partial charge >= 0.3 is 5.97 Å². The lowest BCUT2D eigenvalue weighted by atomic mass is 10.00. The number of hydrogen-bond acceptors (Lipinski definition) is 4. The fourth-order valence-electron chi connectivity index (χ4n) is 3.54. The summed E-state index contributed by atoms with van der Waals surface area (Å²) in [7, 11) is 2.11. The van der Waals surface area contributed by atoms with Crippen LogP contribution < -0.4 is 0 Å². The van der Waals surface area contributed by atoms with E-state index in [1.807, 2.05) is 30.3 Å². The number of ether oxygens (including phenoxy) is 1. The summed E-state index contributed by atoms with van der Waals surface area (Å²) in [5.41, 5.74) is 2.35. The largest absolute Gasteiger partial charge is 0.461 e. The number of carbonyl (C=O) groups excluding carboxylic acids is 1. The van der Waals surface area contributed by atoms with Crippen molar-refractivity contribution in [2.24, 2.45) is 5.92 Å². The van der Waals surface area contributed by atoms with Gasteiger partial charge in [0.25, 0.3) is 0 Å². The van der Waals surface area contributed by atoms with Gasteiger partial charge in [0.1, 0.15) is 5.69 Å². The number of pyridine rings is 1. The molecule has 0 unspecified atom stereocenters. The van der Waals surface area contributed by atoms with E-state index in [1.165, 1.54) is 0 Å². The molecule has 5 nitrogen and oxygen atoms in total. The van der Waals surface area contributed by atoms with Gasteiger partial charge in [-0.15, -0.1) is 0 Å². The number of H-pyrrole nitrogens is 1. The number of aromatic amines is 1. The Morgan fingerprint density at radius 1 is 1.33 bits per heavy atom. The number of carbonyl (C=O) groups is 1. The first-order chi connectivity index (χ1) is 11.7. The van der Waals surface area contributed by atoms with Gasteiger partial charge in [-0.2, -0.15) is 0 Å². The van der Waals surface area contributed by atoms with E-state index in [1.54, 1.807) is 6.20 Å². The molecule has 0 spiro atoms. The molecular formula is C19H21N3O2. The molecule has 1 fully saturated rings. The van der Waals surface area contributed by atoms with Crippen molar-refractivity contribution in [1.29, 1.82) is 0 Å². The first-order valence-corrected chi connectivity index (χ1v) is 8.43. The molecule has 0 radical (unpaired) electrons. The summed E-state index contributed by atoms with van der Waals surface area (Å²) in [6.45, 7) is 2.59. The Labute approximate surface area is 140 Å². The van der Waals surface area contributed by atoms with Crippen LogP contribution in [0, 0.1) is 5.92 Å². The van der Waals surface area contributed by atoms with Crippen molar-refractivity contribution in [3.05, 3.63) is 42.2 Å². The first kappa shape index (κ1) is 15.1. The zero-order chi connectivity index (χ0) is 16.5. The van der Waals surface area contributed by atoms with Gasteiger partial charge in [-0.3, -0.25) is 0 Å². The Balaban J connectivity index is 1.52. The van der Waals surface area contributed by atoms with Crippen LogP contribution in [0.4, 0.5) is 0 Å². The summed E-state index contributed by atoms with van der Waals surface area (Å²) in [5, 5.41) is 2.10. The van der Waals surface area contributed by atoms with Crippen molar-refractivity contribution < 1.29 is 9.53 Å². The minimum atomic E-state index is -0.338. The molecule has 1 atom stereocenters. The first-order valence-electron chi connectivity index (χ1n) is 8.43. The SMILES string of the molecule is CN1CCC[C@@H](COC(=O)c2cc3c(cn2)[nH]c2ccccc23)C1. The lowest BCUT2D eigenvalue weighted by molar-refractivity contribution is 0.0365. The number of aromatic nitrogens is 2. The zero-order valence-electron chi connectivity index (χ0n) is 13.8. The van der Waals surface area contributed by atoms with E-state index in [-0.39, 0.29) is 5.97 Å². The van der Waals surface area contributed by atoms with Crippen molar-refractivity contribution >= 4 is 27.8 Å². The van der Waals surface area contributed by atoms with Crippen molar-refractivity contribution in [3.63, 3.8) is 0 Å². The predicted molar refractivity (Wildman–Crippen MR) is 94.1 cm³/mol. The second kappa shape index (κ2) is 6.24. The van der Waals surface area contributed by atoms with E-state index in [4.69, 9.17) is 4.74 Å². The fraction of sp³-hybridized carbons (Fsp3) is 0.368. The molecule has 4 rings (SSSR count). The number of hydrogen-bond donors (Lipinski definition) is 1. The Morgan fingerprint density at radius 3 is 3.08 bits per heavy atom. The Bertz CT molecular complexity index is 887. The highest BCUT2D eigenvalue weighted by atomic mass is 16.5. The summed E-state index contributed by atoms with van der Waals surface area (Å²) in [6, 6.07) is 9.87. The number of nitrogens with one attached hydrogen (secondary N) is 1. The van der Waals surface area contributed by atoms with Crippen LogP contribution in [0.1, 0.15) is 23.3 Å². The molecule has 24 heavy (non-hydrogen) atoms. The molecule has 1 aromatic carbocycles. The van der Waals surface area contributed by atoms with Gasteiger partial charge in [-0.25, -0.2) is 9.78 Å². The van der Waals surface area contributed by atoms with Crippen molar-refractivity contribution in [2.45, 2.75) is 12.8 Å². The standard InChI is InChI=1S/C19H21N3O2/c1-22-8-4-5-13(11-22)12-24-19(23)17-9-15-14-6-2-3-7-16(14)21-18(15)10-20-17/h2-3,6-7,9-10,13,21H,4-5,8,11-12H2,1H3/t13-/m1/s1. The van der Waals surface area contributed by atoms with Crippen molar-refractivity contribution in [2.75, 3.05) is 26.7 Å². The number of esters is 1. The number of piperidine rings is 1. The van der Waals surface area contributed by atoms with Crippen LogP contribution in [0.25, 0.3) is 21.8 Å². The quantitative estimate of drug-likeness (QED) is 0.752. The maximum absolute atomic E-state index is 12.4. The van der Waals surface area contributed by atoms with Crippen LogP contribution in [0.15, 0.2) is 36.5 Å². The van der Waals surface area contributed by atoms with E-state index in [0.717, 1.165) is 47.7 Å². The molecule has 1 aliphatic heterocycles. The van der Waals surface area contributed by atoms with Gasteiger partial charge in [0.05, 0.1) is 18.3 Å². The third-order valence-corrected chi connectivity index (χ3v) is 4.77. The van der Waals surface area contributed by atoms with E-state index >= 15 is 0 Å². The summed E-state index contributed by atoms with van der Waals surface area (Å²) >= 11 is 0. The molecule has 124 valence electrons. The van der Waals surface area contributed by atoms with Crippen LogP contribution in [0.2, 0.25) is 0 Å². The average molecular weight is 323 g/mol. The van der Waals surface area contributed by atoms with E-state index in [2.05, 4.69) is 21.9 Å². The number of nitrogens with zero attached hydrogens (tertiary/aromatic N) is 2. The minimum absolute atomic E-state index is 0.338. The molecule has 3 aromatic rings. The highest BCUT2D eigenvalue weighted by Gasteiger charge is 2.20. The maximum atomic E-state index is 12.4. The van der Waals surface area contributed by atoms with Gasteiger partial charge in [-0.05, 0) is 38.6 Å². The molecule has 1 N–H and O–H groups in total. The molecule has 2 aromatic heterocycles. The van der Waals surface area contributed by atoms with Crippen LogP contribution in [-0.2, 0) is 4.74 Å². The second-order valence-corrected chi connectivity index (χ2v) is 6.65. The molecule has 0 saturated carbocycles. The highest BCUT2D eigenvalue weighted by Crippen LogP contribution is 2.25. The number of fused-ring (bicyclic) bond motifs is 3. The third kappa shape index (κ3) is 2.87. The third-order valence-electron chi connectivity index (χ3n) is 4.77. The Morgan fingerprint density at radius 2 is 2.21 bits per heavy atom. The average Bonchev–Trinajstić information content (AvgIpc) is 2.97. The lowest BCUT2D eigenvalue weighted by Gasteiger charge is -2.29.